The van der Waals surface area contributed by atoms with Gasteiger partial charge < -0.3 is 9.64 Å². The number of nitrogens with zero attached hydrogens (tertiary/aromatic N) is 1. The zero-order valence-electron chi connectivity index (χ0n) is 14.8. The molecule has 2 aromatic carbocycles. The van der Waals surface area contributed by atoms with E-state index < -0.39 is 5.82 Å². The third-order valence-corrected chi connectivity index (χ3v) is 4.77. The van der Waals surface area contributed by atoms with Crippen molar-refractivity contribution in [2.45, 2.75) is 38.0 Å². The lowest BCUT2D eigenvalue weighted by Crippen LogP contribution is -2.21. The summed E-state index contributed by atoms with van der Waals surface area (Å²) in [5.41, 5.74) is 1.64. The molecule has 2 aromatic rings. The van der Waals surface area contributed by atoms with Gasteiger partial charge in [0.2, 0.25) is 0 Å². The summed E-state index contributed by atoms with van der Waals surface area (Å²) in [5, 5.41) is 0. The molecule has 25 heavy (non-hydrogen) atoms. The summed E-state index contributed by atoms with van der Waals surface area (Å²) < 4.78 is 19.9. The van der Waals surface area contributed by atoms with Crippen LogP contribution in [0.3, 0.4) is 0 Å². The van der Waals surface area contributed by atoms with Crippen LogP contribution in [-0.2, 0) is 0 Å². The zero-order chi connectivity index (χ0) is 17.8. The molecule has 0 saturated heterocycles. The van der Waals surface area contributed by atoms with Crippen LogP contribution in [0.1, 0.15) is 53.9 Å². The van der Waals surface area contributed by atoms with Crippen LogP contribution in [0.4, 0.5) is 4.39 Å². The highest BCUT2D eigenvalue weighted by Crippen LogP contribution is 2.34. The summed E-state index contributed by atoms with van der Waals surface area (Å²) in [7, 11) is 3.27. The van der Waals surface area contributed by atoms with E-state index in [2.05, 4.69) is 12.1 Å². The molecule has 0 bridgehead atoms. The van der Waals surface area contributed by atoms with E-state index in [-0.39, 0.29) is 11.7 Å². The summed E-state index contributed by atoms with van der Waals surface area (Å²) in [6.45, 7) is 0. The van der Waals surface area contributed by atoms with Crippen molar-refractivity contribution in [1.29, 1.82) is 0 Å². The highest BCUT2D eigenvalue weighted by Gasteiger charge is 2.16. The first-order valence-electron chi connectivity index (χ1n) is 8.83. The number of carbonyl (C=O) groups excluding carboxylic acids is 1. The van der Waals surface area contributed by atoms with Gasteiger partial charge in [0.25, 0.3) is 5.91 Å². The quantitative estimate of drug-likeness (QED) is 0.748. The first kappa shape index (κ1) is 17.5. The number of halogens is 1. The number of carbonyl (C=O) groups is 1. The second-order valence-electron chi connectivity index (χ2n) is 6.85. The van der Waals surface area contributed by atoms with Crippen molar-refractivity contribution >= 4 is 5.91 Å². The van der Waals surface area contributed by atoms with E-state index in [9.17, 15) is 9.18 Å². The Labute approximate surface area is 148 Å². The Morgan fingerprint density at radius 2 is 1.72 bits per heavy atom. The lowest BCUT2D eigenvalue weighted by Gasteiger charge is -2.22. The van der Waals surface area contributed by atoms with Gasteiger partial charge in [0.1, 0.15) is 5.75 Å². The van der Waals surface area contributed by atoms with Crippen LogP contribution in [-0.4, -0.2) is 24.9 Å². The molecular weight excluding hydrogens is 317 g/mol. The molecule has 0 spiro atoms. The van der Waals surface area contributed by atoms with Crippen molar-refractivity contribution in [3.8, 4) is 11.5 Å². The largest absolute Gasteiger partial charge is 0.454 e. The number of hydrogen-bond acceptors (Lipinski definition) is 2. The Morgan fingerprint density at radius 1 is 1.04 bits per heavy atom. The van der Waals surface area contributed by atoms with Gasteiger partial charge in [-0.15, -0.1) is 0 Å². The molecule has 1 amide bonds. The Hall–Kier alpha value is -2.36. The van der Waals surface area contributed by atoms with Gasteiger partial charge in [-0.1, -0.05) is 31.4 Å². The van der Waals surface area contributed by atoms with Crippen LogP contribution in [0.15, 0.2) is 42.5 Å². The first-order chi connectivity index (χ1) is 12.0. The van der Waals surface area contributed by atoms with Crippen molar-refractivity contribution < 1.29 is 13.9 Å². The number of hydrogen-bond donors (Lipinski definition) is 0. The Morgan fingerprint density at radius 3 is 2.32 bits per heavy atom. The maximum Gasteiger partial charge on any atom is 0.253 e. The number of benzene rings is 2. The van der Waals surface area contributed by atoms with Crippen molar-refractivity contribution in [3.63, 3.8) is 0 Å². The lowest BCUT2D eigenvalue weighted by molar-refractivity contribution is 0.0827. The Balaban J connectivity index is 1.70. The molecule has 3 nitrogen and oxygen atoms in total. The monoisotopic (exact) mass is 341 g/mol. The smallest absolute Gasteiger partial charge is 0.253 e. The summed E-state index contributed by atoms with van der Waals surface area (Å²) >= 11 is 0. The standard InChI is InChI=1S/C21H24FNO2/c1-23(2)21(24)17-10-13-20(19(22)14-17)25-18-11-8-16(9-12-18)15-6-4-3-5-7-15/h8-15H,3-7H2,1-2H3. The second-order valence-corrected chi connectivity index (χ2v) is 6.85. The molecule has 1 fully saturated rings. The third-order valence-electron chi connectivity index (χ3n) is 4.77. The van der Waals surface area contributed by atoms with Crippen LogP contribution < -0.4 is 4.74 Å². The number of ether oxygens (including phenoxy) is 1. The van der Waals surface area contributed by atoms with Crippen LogP contribution in [0.2, 0.25) is 0 Å². The minimum Gasteiger partial charge on any atom is -0.454 e. The van der Waals surface area contributed by atoms with E-state index >= 15 is 0 Å². The van der Waals surface area contributed by atoms with Gasteiger partial charge in [0.15, 0.2) is 11.6 Å². The number of rotatable bonds is 4. The van der Waals surface area contributed by atoms with E-state index in [0.29, 0.717) is 17.2 Å². The molecule has 0 unspecified atom stereocenters. The average molecular weight is 341 g/mol. The first-order valence-corrected chi connectivity index (χ1v) is 8.83. The van der Waals surface area contributed by atoms with Crippen molar-refractivity contribution in [1.82, 2.24) is 4.90 Å². The molecule has 3 rings (SSSR count). The van der Waals surface area contributed by atoms with Crippen LogP contribution in [0.5, 0.6) is 11.5 Å². The van der Waals surface area contributed by atoms with Crippen molar-refractivity contribution in [2.75, 3.05) is 14.1 Å². The summed E-state index contributed by atoms with van der Waals surface area (Å²) in [5.74, 6) is 0.591. The molecule has 1 saturated carbocycles. The lowest BCUT2D eigenvalue weighted by atomic mass is 9.84. The SMILES string of the molecule is CN(C)C(=O)c1ccc(Oc2ccc(C3CCCCC3)cc2)c(F)c1. The molecule has 0 aliphatic heterocycles. The third kappa shape index (κ3) is 4.19. The fraction of sp³-hybridized carbons (Fsp3) is 0.381. The molecule has 0 N–H and O–H groups in total. The predicted molar refractivity (Wildman–Crippen MR) is 96.8 cm³/mol. The maximum absolute atomic E-state index is 14.2. The van der Waals surface area contributed by atoms with E-state index in [0.717, 1.165) is 0 Å². The van der Waals surface area contributed by atoms with Gasteiger partial charge in [-0.25, -0.2) is 4.39 Å². The molecule has 0 aromatic heterocycles. The van der Waals surface area contributed by atoms with E-state index in [4.69, 9.17) is 4.74 Å². The molecular formula is C21H24FNO2. The normalized spacial score (nSPS) is 15.0. The minimum absolute atomic E-state index is 0.126. The molecule has 0 heterocycles. The maximum atomic E-state index is 14.2. The molecule has 132 valence electrons. The van der Waals surface area contributed by atoms with E-state index in [1.807, 2.05) is 12.1 Å². The topological polar surface area (TPSA) is 29.5 Å². The summed E-state index contributed by atoms with van der Waals surface area (Å²) in [6, 6.07) is 12.2. The second kappa shape index (κ2) is 7.68. The van der Waals surface area contributed by atoms with Crippen LogP contribution >= 0.6 is 0 Å². The minimum atomic E-state index is -0.538. The Kier molecular flexibility index (Phi) is 5.37. The van der Waals surface area contributed by atoms with Gasteiger partial charge in [-0.2, -0.15) is 0 Å². The van der Waals surface area contributed by atoms with Crippen LogP contribution in [0, 0.1) is 5.82 Å². The fourth-order valence-electron chi connectivity index (χ4n) is 3.35. The van der Waals surface area contributed by atoms with Gasteiger partial charge in [-0.3, -0.25) is 4.79 Å². The molecule has 1 aliphatic carbocycles. The molecule has 0 radical (unpaired) electrons. The van der Waals surface area contributed by atoms with Gasteiger partial charge in [-0.05, 0) is 54.7 Å². The predicted octanol–water partition coefficient (Wildman–Crippen LogP) is 5.37. The summed E-state index contributed by atoms with van der Waals surface area (Å²) in [4.78, 5) is 13.3. The summed E-state index contributed by atoms with van der Waals surface area (Å²) in [6.07, 6.45) is 6.42. The van der Waals surface area contributed by atoms with Crippen LogP contribution in [0.25, 0.3) is 0 Å². The van der Waals surface area contributed by atoms with Gasteiger partial charge in [0, 0.05) is 19.7 Å². The average Bonchev–Trinajstić information content (AvgIpc) is 2.64. The zero-order valence-corrected chi connectivity index (χ0v) is 14.8. The van der Waals surface area contributed by atoms with E-state index in [1.165, 1.54) is 54.7 Å². The van der Waals surface area contributed by atoms with E-state index in [1.54, 1.807) is 20.2 Å². The fourth-order valence-corrected chi connectivity index (χ4v) is 3.35. The Bertz CT molecular complexity index is 734. The molecule has 0 atom stereocenters. The van der Waals surface area contributed by atoms with Gasteiger partial charge >= 0.3 is 0 Å². The van der Waals surface area contributed by atoms with Crippen molar-refractivity contribution in [2.24, 2.45) is 0 Å². The molecule has 4 heteroatoms. The highest BCUT2D eigenvalue weighted by atomic mass is 19.1. The highest BCUT2D eigenvalue weighted by molar-refractivity contribution is 5.94. The van der Waals surface area contributed by atoms with Gasteiger partial charge in [0.05, 0.1) is 0 Å². The molecule has 1 aliphatic rings. The number of amides is 1. The van der Waals surface area contributed by atoms with Crippen molar-refractivity contribution in [3.05, 3.63) is 59.4 Å².